The van der Waals surface area contributed by atoms with Crippen LogP contribution in [-0.2, 0) is 6.54 Å². The number of pyridine rings is 1. The Morgan fingerprint density at radius 1 is 1.04 bits per heavy atom. The molecule has 6 nitrogen and oxygen atoms in total. The molecule has 6 heteroatoms. The second kappa shape index (κ2) is 7.74. The van der Waals surface area contributed by atoms with Gasteiger partial charge in [0, 0.05) is 17.6 Å². The molecule has 2 N–H and O–H groups in total. The van der Waals surface area contributed by atoms with Crippen molar-refractivity contribution in [1.29, 1.82) is 0 Å². The van der Waals surface area contributed by atoms with Gasteiger partial charge in [-0.1, -0.05) is 18.2 Å². The van der Waals surface area contributed by atoms with E-state index in [1.54, 1.807) is 12.3 Å². The quantitative estimate of drug-likeness (QED) is 0.739. The zero-order valence-corrected chi connectivity index (χ0v) is 15.1. The van der Waals surface area contributed by atoms with E-state index in [-0.39, 0.29) is 5.91 Å². The van der Waals surface area contributed by atoms with Crippen molar-refractivity contribution in [2.24, 2.45) is 0 Å². The van der Waals surface area contributed by atoms with Crippen LogP contribution in [-0.4, -0.2) is 20.9 Å². The number of anilines is 2. The molecular weight excluding hydrogens is 326 g/mol. The Morgan fingerprint density at radius 2 is 1.88 bits per heavy atom. The van der Waals surface area contributed by atoms with Gasteiger partial charge in [0.1, 0.15) is 5.69 Å². The average molecular weight is 347 g/mol. The van der Waals surface area contributed by atoms with E-state index >= 15 is 0 Å². The normalized spacial score (nSPS) is 10.4. The summed E-state index contributed by atoms with van der Waals surface area (Å²) >= 11 is 0. The predicted octanol–water partition coefficient (Wildman–Crippen LogP) is 3.47. The topological polar surface area (TPSA) is 79.8 Å². The minimum Gasteiger partial charge on any atom is -0.345 e. The van der Waals surface area contributed by atoms with Gasteiger partial charge in [0.2, 0.25) is 5.95 Å². The van der Waals surface area contributed by atoms with Gasteiger partial charge in [-0.15, -0.1) is 0 Å². The summed E-state index contributed by atoms with van der Waals surface area (Å²) in [6, 6.07) is 13.4. The molecule has 0 unspecified atom stereocenters. The van der Waals surface area contributed by atoms with Crippen molar-refractivity contribution in [3.05, 3.63) is 76.9 Å². The van der Waals surface area contributed by atoms with Crippen molar-refractivity contribution < 1.29 is 4.79 Å². The maximum atomic E-state index is 12.4. The molecule has 0 radical (unpaired) electrons. The van der Waals surface area contributed by atoms with E-state index in [4.69, 9.17) is 0 Å². The number of amides is 1. The monoisotopic (exact) mass is 347 g/mol. The number of benzene rings is 1. The molecule has 0 aliphatic carbocycles. The minimum atomic E-state index is -0.259. The van der Waals surface area contributed by atoms with Gasteiger partial charge < -0.3 is 10.6 Å². The lowest BCUT2D eigenvalue weighted by atomic mass is 10.1. The first-order chi connectivity index (χ1) is 12.5. The van der Waals surface area contributed by atoms with Crippen molar-refractivity contribution in [3.63, 3.8) is 0 Å². The molecule has 26 heavy (non-hydrogen) atoms. The highest BCUT2D eigenvalue weighted by atomic mass is 16.1. The van der Waals surface area contributed by atoms with Crippen LogP contribution in [0.3, 0.4) is 0 Å². The number of rotatable bonds is 5. The molecule has 2 heterocycles. The fourth-order valence-corrected chi connectivity index (χ4v) is 2.50. The molecule has 0 saturated carbocycles. The lowest BCUT2D eigenvalue weighted by Gasteiger charge is -2.11. The van der Waals surface area contributed by atoms with Gasteiger partial charge >= 0.3 is 0 Å². The summed E-state index contributed by atoms with van der Waals surface area (Å²) in [5.74, 6) is 0.145. The molecule has 132 valence electrons. The maximum absolute atomic E-state index is 12.4. The number of aromatic nitrogens is 3. The highest BCUT2D eigenvalue weighted by Gasteiger charge is 2.11. The van der Waals surface area contributed by atoms with Crippen LogP contribution in [0.5, 0.6) is 0 Å². The van der Waals surface area contributed by atoms with Crippen LogP contribution in [0, 0.1) is 20.8 Å². The average Bonchev–Trinajstić information content (AvgIpc) is 2.63. The van der Waals surface area contributed by atoms with Crippen LogP contribution in [0.15, 0.2) is 48.7 Å². The maximum Gasteiger partial charge on any atom is 0.270 e. The number of aryl methyl sites for hydroxylation is 3. The van der Waals surface area contributed by atoms with Crippen LogP contribution in [0.25, 0.3) is 0 Å². The van der Waals surface area contributed by atoms with Crippen molar-refractivity contribution in [1.82, 2.24) is 20.3 Å². The van der Waals surface area contributed by atoms with Crippen LogP contribution in [0.4, 0.5) is 11.6 Å². The van der Waals surface area contributed by atoms with Crippen molar-refractivity contribution in [2.45, 2.75) is 27.3 Å². The number of hydrogen-bond acceptors (Lipinski definition) is 5. The van der Waals surface area contributed by atoms with E-state index in [9.17, 15) is 4.79 Å². The number of hydrogen-bond donors (Lipinski definition) is 2. The Bertz CT molecular complexity index is 925. The molecule has 0 atom stereocenters. The van der Waals surface area contributed by atoms with Crippen molar-refractivity contribution >= 4 is 17.5 Å². The van der Waals surface area contributed by atoms with E-state index in [1.165, 1.54) is 0 Å². The number of nitrogens with zero attached hydrogens (tertiary/aromatic N) is 3. The summed E-state index contributed by atoms with van der Waals surface area (Å²) in [4.78, 5) is 25.4. The molecule has 1 aromatic carbocycles. The van der Waals surface area contributed by atoms with Crippen LogP contribution < -0.4 is 10.6 Å². The van der Waals surface area contributed by atoms with Crippen LogP contribution in [0.1, 0.15) is 33.0 Å². The molecule has 2 aromatic heterocycles. The first kappa shape index (κ1) is 17.5. The van der Waals surface area contributed by atoms with Gasteiger partial charge in [-0.2, -0.15) is 0 Å². The van der Waals surface area contributed by atoms with E-state index in [1.807, 2.05) is 57.2 Å². The Labute approximate surface area is 152 Å². The van der Waals surface area contributed by atoms with E-state index in [0.717, 1.165) is 28.2 Å². The van der Waals surface area contributed by atoms with Crippen LogP contribution in [0.2, 0.25) is 0 Å². The molecular formula is C20H21N5O. The van der Waals surface area contributed by atoms with E-state index in [0.29, 0.717) is 18.2 Å². The highest BCUT2D eigenvalue weighted by Crippen LogP contribution is 2.20. The van der Waals surface area contributed by atoms with Crippen LogP contribution >= 0.6 is 0 Å². The number of nitrogens with one attached hydrogen (secondary N) is 2. The summed E-state index contributed by atoms with van der Waals surface area (Å²) in [7, 11) is 0. The lowest BCUT2D eigenvalue weighted by molar-refractivity contribution is 0.0945. The summed E-state index contributed by atoms with van der Waals surface area (Å²) in [5.41, 5.74) is 4.98. The van der Waals surface area contributed by atoms with Gasteiger partial charge in [0.15, 0.2) is 0 Å². The molecule has 0 bridgehead atoms. The third-order valence-electron chi connectivity index (χ3n) is 3.88. The second-order valence-electron chi connectivity index (χ2n) is 6.17. The van der Waals surface area contributed by atoms with Crippen molar-refractivity contribution in [3.8, 4) is 0 Å². The van der Waals surface area contributed by atoms with Gasteiger partial charge in [-0.3, -0.25) is 9.78 Å². The largest absolute Gasteiger partial charge is 0.345 e. The molecule has 0 aliphatic heterocycles. The summed E-state index contributed by atoms with van der Waals surface area (Å²) in [5, 5.41) is 6.04. The van der Waals surface area contributed by atoms with Crippen molar-refractivity contribution in [2.75, 3.05) is 5.32 Å². The zero-order chi connectivity index (χ0) is 18.5. The van der Waals surface area contributed by atoms with E-state index < -0.39 is 0 Å². The smallest absolute Gasteiger partial charge is 0.270 e. The molecule has 3 rings (SSSR count). The lowest BCUT2D eigenvalue weighted by Crippen LogP contribution is -2.24. The summed E-state index contributed by atoms with van der Waals surface area (Å²) in [6.07, 6.45) is 1.70. The summed E-state index contributed by atoms with van der Waals surface area (Å²) in [6.45, 7) is 6.23. The fourth-order valence-electron chi connectivity index (χ4n) is 2.50. The molecule has 0 spiro atoms. The predicted molar refractivity (Wildman–Crippen MR) is 101 cm³/mol. The number of carbonyl (C=O) groups is 1. The van der Waals surface area contributed by atoms with Gasteiger partial charge in [0.25, 0.3) is 5.91 Å². The first-order valence-electron chi connectivity index (χ1n) is 8.39. The highest BCUT2D eigenvalue weighted by molar-refractivity contribution is 5.92. The fraction of sp³-hybridized carbons (Fsp3) is 0.200. The van der Waals surface area contributed by atoms with Gasteiger partial charge in [-0.05, 0) is 56.2 Å². The molecule has 0 aliphatic rings. The third-order valence-corrected chi connectivity index (χ3v) is 3.88. The Balaban J connectivity index is 1.76. The molecule has 1 amide bonds. The summed E-state index contributed by atoms with van der Waals surface area (Å²) < 4.78 is 0. The number of carbonyl (C=O) groups excluding carboxylic acids is 1. The molecule has 3 aromatic rings. The second-order valence-corrected chi connectivity index (χ2v) is 6.17. The zero-order valence-electron chi connectivity index (χ0n) is 15.1. The Hall–Kier alpha value is -3.28. The standard InChI is InChI=1S/C20H21N5O/c1-13-7-8-14(2)17(10-13)24-20-23-15(3)11-18(25-20)19(26)22-12-16-6-4-5-9-21-16/h4-11H,12H2,1-3H3,(H,22,26)(H,23,24,25). The molecule has 0 fully saturated rings. The van der Waals surface area contributed by atoms with E-state index in [2.05, 4.69) is 25.6 Å². The minimum absolute atomic E-state index is 0.259. The third kappa shape index (κ3) is 4.42. The first-order valence-corrected chi connectivity index (χ1v) is 8.39. The Kier molecular flexibility index (Phi) is 5.22. The van der Waals surface area contributed by atoms with Gasteiger partial charge in [0.05, 0.1) is 12.2 Å². The molecule has 0 saturated heterocycles. The van der Waals surface area contributed by atoms with Gasteiger partial charge in [-0.25, -0.2) is 9.97 Å². The SMILES string of the molecule is Cc1ccc(C)c(Nc2nc(C)cc(C(=O)NCc3ccccn3)n2)c1. The Morgan fingerprint density at radius 3 is 2.65 bits per heavy atom.